The van der Waals surface area contributed by atoms with Crippen molar-refractivity contribution in [1.82, 2.24) is 10.6 Å². The fraction of sp³-hybridized carbons (Fsp3) is 0.368. The molecule has 6 nitrogen and oxygen atoms in total. The van der Waals surface area contributed by atoms with E-state index in [2.05, 4.69) is 27.7 Å². The minimum Gasteiger partial charge on any atom is -0.459 e. The number of nitrogens with one attached hydrogen (secondary N) is 2. The molecule has 132 valence electrons. The Morgan fingerprint density at radius 1 is 1.24 bits per heavy atom. The predicted octanol–water partition coefficient (Wildman–Crippen LogP) is 2.04. The lowest BCUT2D eigenvalue weighted by Gasteiger charge is -2.19. The highest BCUT2D eigenvalue weighted by molar-refractivity contribution is 5.95. The van der Waals surface area contributed by atoms with Crippen molar-refractivity contribution in [3.05, 3.63) is 54.5 Å². The van der Waals surface area contributed by atoms with Crippen molar-refractivity contribution in [1.29, 1.82) is 0 Å². The van der Waals surface area contributed by atoms with E-state index in [0.29, 0.717) is 12.5 Å². The van der Waals surface area contributed by atoms with E-state index in [-0.39, 0.29) is 17.6 Å². The summed E-state index contributed by atoms with van der Waals surface area (Å²) in [5.41, 5.74) is 1.22. The van der Waals surface area contributed by atoms with Crippen LogP contribution < -0.4 is 15.5 Å². The monoisotopic (exact) mass is 341 g/mol. The van der Waals surface area contributed by atoms with Gasteiger partial charge in [0, 0.05) is 25.3 Å². The molecule has 1 aromatic heterocycles. The molecule has 1 aromatic carbocycles. The topological polar surface area (TPSA) is 74.6 Å². The fourth-order valence-electron chi connectivity index (χ4n) is 3.01. The van der Waals surface area contributed by atoms with Crippen molar-refractivity contribution in [2.24, 2.45) is 5.92 Å². The SMILES string of the molecule is C[C@@H](NC(=O)c1ccco1)C(=O)NC[C@H]1CCN(c2ccccc2)C1. The Hall–Kier alpha value is -2.76. The third-order valence-electron chi connectivity index (χ3n) is 4.46. The third kappa shape index (κ3) is 4.41. The predicted molar refractivity (Wildman–Crippen MR) is 95.4 cm³/mol. The van der Waals surface area contributed by atoms with Crippen LogP contribution in [0.15, 0.2) is 53.1 Å². The lowest BCUT2D eigenvalue weighted by molar-refractivity contribution is -0.122. The van der Waals surface area contributed by atoms with E-state index >= 15 is 0 Å². The molecule has 2 atom stereocenters. The Morgan fingerprint density at radius 3 is 2.76 bits per heavy atom. The maximum atomic E-state index is 12.2. The van der Waals surface area contributed by atoms with Crippen LogP contribution in [0.5, 0.6) is 0 Å². The molecule has 3 rings (SSSR count). The summed E-state index contributed by atoms with van der Waals surface area (Å²) in [4.78, 5) is 26.4. The molecule has 1 aliphatic heterocycles. The number of carbonyl (C=O) groups excluding carboxylic acids is 2. The second-order valence-electron chi connectivity index (χ2n) is 6.35. The van der Waals surface area contributed by atoms with Gasteiger partial charge in [0.2, 0.25) is 5.91 Å². The van der Waals surface area contributed by atoms with E-state index in [4.69, 9.17) is 4.42 Å². The second kappa shape index (κ2) is 7.88. The van der Waals surface area contributed by atoms with Gasteiger partial charge in [-0.15, -0.1) is 0 Å². The number of hydrogen-bond acceptors (Lipinski definition) is 4. The summed E-state index contributed by atoms with van der Waals surface area (Å²) in [6.45, 7) is 4.21. The molecule has 2 heterocycles. The molecule has 2 N–H and O–H groups in total. The Bertz CT molecular complexity index is 700. The van der Waals surface area contributed by atoms with E-state index in [9.17, 15) is 9.59 Å². The molecule has 1 aliphatic rings. The Balaban J connectivity index is 1.42. The van der Waals surface area contributed by atoms with Gasteiger partial charge in [0.25, 0.3) is 5.91 Å². The van der Waals surface area contributed by atoms with Crippen molar-refractivity contribution >= 4 is 17.5 Å². The van der Waals surface area contributed by atoms with Gasteiger partial charge in [-0.3, -0.25) is 9.59 Å². The highest BCUT2D eigenvalue weighted by Gasteiger charge is 2.24. The molecule has 1 saturated heterocycles. The molecule has 6 heteroatoms. The van der Waals surface area contributed by atoms with Gasteiger partial charge in [-0.1, -0.05) is 18.2 Å². The molecular formula is C19H23N3O3. The standard InChI is InChI=1S/C19H23N3O3/c1-14(21-19(24)17-8-5-11-25-17)18(23)20-12-15-9-10-22(13-15)16-6-3-2-4-7-16/h2-8,11,14-15H,9-10,12-13H2,1H3,(H,20,23)(H,21,24)/t14-,15-/m1/s1. The van der Waals surface area contributed by atoms with Gasteiger partial charge in [0.1, 0.15) is 6.04 Å². The number of rotatable bonds is 6. The van der Waals surface area contributed by atoms with Crippen LogP contribution in [0.1, 0.15) is 23.9 Å². The molecule has 0 aliphatic carbocycles. The smallest absolute Gasteiger partial charge is 0.287 e. The van der Waals surface area contributed by atoms with Gasteiger partial charge in [0.15, 0.2) is 5.76 Å². The average molecular weight is 341 g/mol. The quantitative estimate of drug-likeness (QED) is 0.843. The number of hydrogen-bond donors (Lipinski definition) is 2. The zero-order valence-electron chi connectivity index (χ0n) is 14.3. The van der Waals surface area contributed by atoms with Crippen LogP contribution in [0.25, 0.3) is 0 Å². The van der Waals surface area contributed by atoms with Gasteiger partial charge in [0.05, 0.1) is 6.26 Å². The van der Waals surface area contributed by atoms with Crippen molar-refractivity contribution < 1.29 is 14.0 Å². The van der Waals surface area contributed by atoms with Gasteiger partial charge >= 0.3 is 0 Å². The summed E-state index contributed by atoms with van der Waals surface area (Å²) in [6, 6.07) is 12.9. The normalized spacial score (nSPS) is 18.0. The molecule has 25 heavy (non-hydrogen) atoms. The summed E-state index contributed by atoms with van der Waals surface area (Å²) < 4.78 is 5.02. The zero-order valence-corrected chi connectivity index (χ0v) is 14.3. The Kier molecular flexibility index (Phi) is 5.38. The first-order valence-electron chi connectivity index (χ1n) is 8.55. The van der Waals surface area contributed by atoms with Crippen LogP contribution in [0.4, 0.5) is 5.69 Å². The minimum atomic E-state index is -0.607. The number of anilines is 1. The maximum Gasteiger partial charge on any atom is 0.287 e. The van der Waals surface area contributed by atoms with Crippen LogP contribution in [0, 0.1) is 5.92 Å². The number of benzene rings is 1. The molecule has 0 bridgehead atoms. The van der Waals surface area contributed by atoms with E-state index in [1.165, 1.54) is 12.0 Å². The van der Waals surface area contributed by atoms with Crippen molar-refractivity contribution in [3.63, 3.8) is 0 Å². The summed E-state index contributed by atoms with van der Waals surface area (Å²) in [5, 5.41) is 5.57. The molecule has 2 amide bonds. The Morgan fingerprint density at radius 2 is 2.04 bits per heavy atom. The first-order chi connectivity index (χ1) is 12.1. The van der Waals surface area contributed by atoms with E-state index < -0.39 is 6.04 Å². The van der Waals surface area contributed by atoms with Crippen LogP contribution >= 0.6 is 0 Å². The first-order valence-corrected chi connectivity index (χ1v) is 8.55. The number of carbonyl (C=O) groups is 2. The van der Waals surface area contributed by atoms with Gasteiger partial charge in [-0.05, 0) is 43.5 Å². The summed E-state index contributed by atoms with van der Waals surface area (Å²) in [6.07, 6.45) is 2.47. The molecule has 0 saturated carbocycles. The molecule has 0 spiro atoms. The van der Waals surface area contributed by atoms with Crippen LogP contribution in [0.3, 0.4) is 0 Å². The largest absolute Gasteiger partial charge is 0.459 e. The lowest BCUT2D eigenvalue weighted by atomic mass is 10.1. The maximum absolute atomic E-state index is 12.2. The molecule has 2 aromatic rings. The third-order valence-corrected chi connectivity index (χ3v) is 4.46. The summed E-state index contributed by atoms with van der Waals surface area (Å²) in [5.74, 6) is 0.0490. The molecule has 1 fully saturated rings. The van der Waals surface area contributed by atoms with Gasteiger partial charge in [-0.2, -0.15) is 0 Å². The molecule has 0 unspecified atom stereocenters. The van der Waals surface area contributed by atoms with Crippen molar-refractivity contribution in [2.45, 2.75) is 19.4 Å². The van der Waals surface area contributed by atoms with Gasteiger partial charge < -0.3 is 20.0 Å². The molecular weight excluding hydrogens is 318 g/mol. The summed E-state index contributed by atoms with van der Waals surface area (Å²) >= 11 is 0. The van der Waals surface area contributed by atoms with Crippen LogP contribution in [-0.2, 0) is 4.79 Å². The number of nitrogens with zero attached hydrogens (tertiary/aromatic N) is 1. The number of para-hydroxylation sites is 1. The molecule has 0 radical (unpaired) electrons. The zero-order chi connectivity index (χ0) is 17.6. The van der Waals surface area contributed by atoms with Crippen LogP contribution in [0.2, 0.25) is 0 Å². The van der Waals surface area contributed by atoms with E-state index in [0.717, 1.165) is 19.5 Å². The van der Waals surface area contributed by atoms with E-state index in [1.807, 2.05) is 18.2 Å². The van der Waals surface area contributed by atoms with Gasteiger partial charge in [-0.25, -0.2) is 0 Å². The number of amides is 2. The van der Waals surface area contributed by atoms with E-state index in [1.54, 1.807) is 19.1 Å². The average Bonchev–Trinajstić information content (AvgIpc) is 3.32. The van der Waals surface area contributed by atoms with Crippen molar-refractivity contribution in [2.75, 3.05) is 24.5 Å². The fourth-order valence-corrected chi connectivity index (χ4v) is 3.01. The highest BCUT2D eigenvalue weighted by Crippen LogP contribution is 2.22. The van der Waals surface area contributed by atoms with Crippen LogP contribution in [-0.4, -0.2) is 37.5 Å². The van der Waals surface area contributed by atoms with Crippen molar-refractivity contribution in [3.8, 4) is 0 Å². The number of furan rings is 1. The summed E-state index contributed by atoms with van der Waals surface area (Å²) in [7, 11) is 0. The highest BCUT2D eigenvalue weighted by atomic mass is 16.3. The lowest BCUT2D eigenvalue weighted by Crippen LogP contribution is -2.46. The first kappa shape index (κ1) is 17.1. The second-order valence-corrected chi connectivity index (χ2v) is 6.35. The minimum absolute atomic E-state index is 0.182. The Labute approximate surface area is 147 Å².